The Bertz CT molecular complexity index is 488. The minimum absolute atomic E-state index is 0.0562. The van der Waals surface area contributed by atoms with Crippen LogP contribution in [0.25, 0.3) is 0 Å². The van der Waals surface area contributed by atoms with Gasteiger partial charge in [-0.2, -0.15) is 0 Å². The molecule has 6 nitrogen and oxygen atoms in total. The number of hydrogen-bond acceptors (Lipinski definition) is 6. The molecule has 8 heteroatoms. The van der Waals surface area contributed by atoms with Gasteiger partial charge in [0.1, 0.15) is 0 Å². The first-order valence-electron chi connectivity index (χ1n) is 6.75. The van der Waals surface area contributed by atoms with E-state index in [1.807, 2.05) is 19.2 Å². The molecular weight excluding hydrogens is 298 g/mol. The van der Waals surface area contributed by atoms with Crippen molar-refractivity contribution in [3.05, 3.63) is 11.1 Å². The zero-order valence-electron chi connectivity index (χ0n) is 12.2. The maximum Gasteiger partial charge on any atom is 0.236 e. The van der Waals surface area contributed by atoms with Gasteiger partial charge in [-0.1, -0.05) is 6.92 Å². The standard InChI is InChI=1S/C12H23N3O3S2/c1-4-6-13-10(3)11-9-19-12(14-11)15-20(16,17)8-7-18-5-2/h9-10,13H,4-8H2,1-3H3,(H,14,15). The van der Waals surface area contributed by atoms with Crippen LogP contribution in [0.15, 0.2) is 5.38 Å². The first kappa shape index (κ1) is 17.4. The predicted molar refractivity (Wildman–Crippen MR) is 82.7 cm³/mol. The fourth-order valence-electron chi connectivity index (χ4n) is 1.49. The van der Waals surface area contributed by atoms with Crippen LogP contribution in [0.1, 0.15) is 38.9 Å². The summed E-state index contributed by atoms with van der Waals surface area (Å²) in [4.78, 5) is 4.30. The van der Waals surface area contributed by atoms with Gasteiger partial charge in [0.15, 0.2) is 5.13 Å². The van der Waals surface area contributed by atoms with Crippen LogP contribution in [0.4, 0.5) is 5.13 Å². The second-order valence-corrected chi connectivity index (χ2v) is 7.07. The van der Waals surface area contributed by atoms with E-state index in [0.29, 0.717) is 11.7 Å². The number of sulfonamides is 1. The Morgan fingerprint density at radius 1 is 1.45 bits per heavy atom. The molecule has 1 aromatic heterocycles. The molecule has 1 unspecified atom stereocenters. The van der Waals surface area contributed by atoms with Crippen molar-refractivity contribution in [2.24, 2.45) is 0 Å². The van der Waals surface area contributed by atoms with Crippen LogP contribution in [0, 0.1) is 0 Å². The zero-order valence-corrected chi connectivity index (χ0v) is 13.8. The average Bonchev–Trinajstić information content (AvgIpc) is 2.83. The number of thiazole rings is 1. The van der Waals surface area contributed by atoms with Crippen molar-refractivity contribution in [2.45, 2.75) is 33.2 Å². The lowest BCUT2D eigenvalue weighted by molar-refractivity contribution is 0.163. The molecule has 1 atom stereocenters. The highest BCUT2D eigenvalue weighted by atomic mass is 32.2. The normalized spacial score (nSPS) is 13.3. The molecule has 20 heavy (non-hydrogen) atoms. The third-order valence-electron chi connectivity index (χ3n) is 2.61. The number of rotatable bonds is 10. The van der Waals surface area contributed by atoms with Crippen molar-refractivity contribution in [3.8, 4) is 0 Å². The second-order valence-electron chi connectivity index (χ2n) is 4.37. The van der Waals surface area contributed by atoms with Gasteiger partial charge in [-0.15, -0.1) is 11.3 Å². The lowest BCUT2D eigenvalue weighted by Gasteiger charge is -2.09. The fourth-order valence-corrected chi connectivity index (χ4v) is 3.47. The van der Waals surface area contributed by atoms with Gasteiger partial charge in [-0.05, 0) is 26.8 Å². The maximum atomic E-state index is 11.8. The highest BCUT2D eigenvalue weighted by molar-refractivity contribution is 7.92. The largest absolute Gasteiger partial charge is 0.381 e. The van der Waals surface area contributed by atoms with E-state index < -0.39 is 10.0 Å². The zero-order chi connectivity index (χ0) is 15.0. The lowest BCUT2D eigenvalue weighted by Crippen LogP contribution is -2.21. The summed E-state index contributed by atoms with van der Waals surface area (Å²) in [7, 11) is -3.38. The summed E-state index contributed by atoms with van der Waals surface area (Å²) in [5.41, 5.74) is 0.853. The van der Waals surface area contributed by atoms with Crippen LogP contribution in [0.3, 0.4) is 0 Å². The van der Waals surface area contributed by atoms with Gasteiger partial charge in [-0.25, -0.2) is 13.4 Å². The number of nitrogens with one attached hydrogen (secondary N) is 2. The van der Waals surface area contributed by atoms with Gasteiger partial charge >= 0.3 is 0 Å². The SMILES string of the molecule is CCCNC(C)c1csc(NS(=O)(=O)CCOCC)n1. The van der Waals surface area contributed by atoms with E-state index in [-0.39, 0.29) is 18.4 Å². The molecule has 2 N–H and O–H groups in total. The van der Waals surface area contributed by atoms with E-state index in [1.165, 1.54) is 11.3 Å². The molecule has 0 saturated carbocycles. The van der Waals surface area contributed by atoms with Gasteiger partial charge in [0, 0.05) is 18.0 Å². The van der Waals surface area contributed by atoms with E-state index in [2.05, 4.69) is 21.9 Å². The Hall–Kier alpha value is -0.700. The summed E-state index contributed by atoms with van der Waals surface area (Å²) in [5, 5.41) is 5.59. The number of anilines is 1. The van der Waals surface area contributed by atoms with E-state index >= 15 is 0 Å². The highest BCUT2D eigenvalue weighted by Gasteiger charge is 2.14. The smallest absolute Gasteiger partial charge is 0.236 e. The second kappa shape index (κ2) is 8.56. The van der Waals surface area contributed by atoms with Crippen molar-refractivity contribution in [1.29, 1.82) is 0 Å². The number of ether oxygens (including phenoxy) is 1. The third kappa shape index (κ3) is 6.17. The van der Waals surface area contributed by atoms with Crippen molar-refractivity contribution < 1.29 is 13.2 Å². The first-order chi connectivity index (χ1) is 9.48. The lowest BCUT2D eigenvalue weighted by atomic mass is 10.2. The van der Waals surface area contributed by atoms with Crippen molar-refractivity contribution >= 4 is 26.5 Å². The van der Waals surface area contributed by atoms with Crippen LogP contribution < -0.4 is 10.0 Å². The Kier molecular flexibility index (Phi) is 7.42. The Balaban J connectivity index is 2.54. The molecule has 0 fully saturated rings. The number of aromatic nitrogens is 1. The van der Waals surface area contributed by atoms with Crippen LogP contribution in [-0.2, 0) is 14.8 Å². The molecule has 0 aromatic carbocycles. The fraction of sp³-hybridized carbons (Fsp3) is 0.750. The van der Waals surface area contributed by atoms with Crippen molar-refractivity contribution in [1.82, 2.24) is 10.3 Å². The summed E-state index contributed by atoms with van der Waals surface area (Å²) in [6, 6.07) is 0.118. The molecule has 0 amide bonds. The molecule has 0 saturated heterocycles. The summed E-state index contributed by atoms with van der Waals surface area (Å²) < 4.78 is 31.1. The summed E-state index contributed by atoms with van der Waals surface area (Å²) in [5.74, 6) is -0.0562. The van der Waals surface area contributed by atoms with E-state index in [9.17, 15) is 8.42 Å². The quantitative estimate of drug-likeness (QED) is 0.644. The topological polar surface area (TPSA) is 80.3 Å². The van der Waals surface area contributed by atoms with Crippen molar-refractivity contribution in [3.63, 3.8) is 0 Å². The van der Waals surface area contributed by atoms with Crippen LogP contribution in [-0.4, -0.2) is 38.9 Å². The Labute approximate surface area is 125 Å². The maximum absolute atomic E-state index is 11.8. The number of nitrogens with zero attached hydrogens (tertiary/aromatic N) is 1. The van der Waals surface area contributed by atoms with Crippen LogP contribution >= 0.6 is 11.3 Å². The predicted octanol–water partition coefficient (Wildman–Crippen LogP) is 1.98. The first-order valence-corrected chi connectivity index (χ1v) is 9.28. The van der Waals surface area contributed by atoms with E-state index in [1.54, 1.807) is 0 Å². The van der Waals surface area contributed by atoms with Gasteiger partial charge in [0.25, 0.3) is 0 Å². The molecule has 116 valence electrons. The average molecular weight is 321 g/mol. The molecule has 1 heterocycles. The Morgan fingerprint density at radius 3 is 2.85 bits per heavy atom. The van der Waals surface area contributed by atoms with Crippen LogP contribution in [0.5, 0.6) is 0 Å². The molecule has 0 bridgehead atoms. The highest BCUT2D eigenvalue weighted by Crippen LogP contribution is 2.21. The Morgan fingerprint density at radius 2 is 2.20 bits per heavy atom. The third-order valence-corrected chi connectivity index (χ3v) is 4.72. The monoisotopic (exact) mass is 321 g/mol. The molecule has 0 spiro atoms. The molecule has 1 rings (SSSR count). The van der Waals surface area contributed by atoms with Gasteiger partial charge in [0.05, 0.1) is 18.1 Å². The minimum atomic E-state index is -3.38. The van der Waals surface area contributed by atoms with Gasteiger partial charge in [0.2, 0.25) is 10.0 Å². The summed E-state index contributed by atoms with van der Waals surface area (Å²) >= 11 is 1.30. The van der Waals surface area contributed by atoms with E-state index in [4.69, 9.17) is 4.74 Å². The number of hydrogen-bond donors (Lipinski definition) is 2. The van der Waals surface area contributed by atoms with E-state index in [0.717, 1.165) is 18.7 Å². The molecule has 0 aliphatic heterocycles. The molecule has 0 aliphatic rings. The van der Waals surface area contributed by atoms with Crippen molar-refractivity contribution in [2.75, 3.05) is 30.2 Å². The van der Waals surface area contributed by atoms with Crippen LogP contribution in [0.2, 0.25) is 0 Å². The van der Waals surface area contributed by atoms with Gasteiger partial charge < -0.3 is 10.1 Å². The summed E-state index contributed by atoms with van der Waals surface area (Å²) in [6.07, 6.45) is 1.05. The molecular formula is C12H23N3O3S2. The summed E-state index contributed by atoms with van der Waals surface area (Å²) in [6.45, 7) is 7.55. The molecule has 0 radical (unpaired) electrons. The minimum Gasteiger partial charge on any atom is -0.381 e. The van der Waals surface area contributed by atoms with Gasteiger partial charge in [-0.3, -0.25) is 4.72 Å². The molecule has 0 aliphatic carbocycles. The molecule has 1 aromatic rings.